The molecule has 2 atom stereocenters. The van der Waals surface area contributed by atoms with Crippen LogP contribution in [0.5, 0.6) is 11.5 Å². The first-order valence-corrected chi connectivity index (χ1v) is 12.1. The number of benzene rings is 2. The first-order valence-electron chi connectivity index (χ1n) is 12.1. The van der Waals surface area contributed by atoms with Gasteiger partial charge in [-0.3, -0.25) is 4.79 Å². The number of rotatable bonds is 7. The number of methoxy groups -OCH3 is 1. The third-order valence-corrected chi connectivity index (χ3v) is 6.61. The molecule has 0 amide bonds. The molecule has 1 aliphatic heterocycles. The van der Waals surface area contributed by atoms with Crippen LogP contribution < -0.4 is 14.8 Å². The van der Waals surface area contributed by atoms with Crippen molar-refractivity contribution in [2.45, 2.75) is 46.6 Å². The lowest BCUT2D eigenvalue weighted by Crippen LogP contribution is -2.43. The van der Waals surface area contributed by atoms with E-state index in [2.05, 4.69) is 11.4 Å². The molecule has 0 spiro atoms. The summed E-state index contributed by atoms with van der Waals surface area (Å²) in [6.07, 6.45) is 2.48. The maximum atomic E-state index is 13.4. The van der Waals surface area contributed by atoms with Crippen molar-refractivity contribution in [1.82, 2.24) is 5.32 Å². The number of carbonyl (C=O) groups is 2. The largest absolute Gasteiger partial charge is 0.496 e. The fraction of sp³-hybridized carbons (Fsp3) is 0.379. The molecule has 0 saturated heterocycles. The van der Waals surface area contributed by atoms with Crippen LogP contribution in [0.3, 0.4) is 0 Å². The van der Waals surface area contributed by atoms with Gasteiger partial charge in [0, 0.05) is 29.3 Å². The number of fused-ring (bicyclic) bond motifs is 1. The standard InChI is InChI=1S/C29H32FNO5/c1-6-35-28(33)25-17(2)31-22-14-29(3,4)15-23(32)27(22)26(25)18-7-8-19(24(13-18)34-5)16-36-21-11-9-20(30)10-12-21/h7-14,26-27,31H,6,15-16H2,1-5H3. The van der Waals surface area contributed by atoms with Gasteiger partial charge >= 0.3 is 5.97 Å². The highest BCUT2D eigenvalue weighted by atomic mass is 19.1. The highest BCUT2D eigenvalue weighted by molar-refractivity contribution is 5.96. The predicted octanol–water partition coefficient (Wildman–Crippen LogP) is 5.44. The van der Waals surface area contributed by atoms with E-state index >= 15 is 0 Å². The monoisotopic (exact) mass is 493 g/mol. The van der Waals surface area contributed by atoms with Gasteiger partial charge in [0.2, 0.25) is 0 Å². The molecule has 4 rings (SSSR count). The van der Waals surface area contributed by atoms with E-state index in [-0.39, 0.29) is 30.2 Å². The van der Waals surface area contributed by atoms with E-state index in [1.165, 1.54) is 12.1 Å². The number of nitrogens with one attached hydrogen (secondary N) is 1. The first-order chi connectivity index (χ1) is 17.1. The fourth-order valence-electron chi connectivity index (χ4n) is 5.07. The second-order valence-corrected chi connectivity index (χ2v) is 9.88. The van der Waals surface area contributed by atoms with Gasteiger partial charge in [0.25, 0.3) is 0 Å². The minimum Gasteiger partial charge on any atom is -0.496 e. The molecule has 2 aromatic carbocycles. The second kappa shape index (κ2) is 10.2. The summed E-state index contributed by atoms with van der Waals surface area (Å²) in [7, 11) is 1.57. The molecule has 1 N–H and O–H groups in total. The SMILES string of the molecule is CCOC(=O)C1=C(C)NC2=CC(C)(C)CC(=O)C2C1c1ccc(COc2ccc(F)cc2)c(OC)c1. The number of allylic oxidation sites excluding steroid dienone is 3. The Hall–Kier alpha value is -3.61. The molecular formula is C29H32FNO5. The molecule has 6 nitrogen and oxygen atoms in total. The minimum absolute atomic E-state index is 0.0759. The molecule has 7 heteroatoms. The van der Waals surface area contributed by atoms with Crippen molar-refractivity contribution in [1.29, 1.82) is 0 Å². The van der Waals surface area contributed by atoms with E-state index in [9.17, 15) is 14.0 Å². The van der Waals surface area contributed by atoms with Crippen LogP contribution in [-0.4, -0.2) is 25.5 Å². The van der Waals surface area contributed by atoms with Gasteiger partial charge in [-0.15, -0.1) is 0 Å². The first kappa shape index (κ1) is 25.5. The maximum Gasteiger partial charge on any atom is 0.336 e. The third kappa shape index (κ3) is 5.15. The van der Waals surface area contributed by atoms with Crippen molar-refractivity contribution in [3.05, 3.63) is 82.5 Å². The van der Waals surface area contributed by atoms with Gasteiger partial charge in [0.15, 0.2) is 0 Å². The lowest BCUT2D eigenvalue weighted by Gasteiger charge is -2.41. The molecule has 1 heterocycles. The summed E-state index contributed by atoms with van der Waals surface area (Å²) in [4.78, 5) is 26.5. The Bertz CT molecular complexity index is 1230. The molecule has 0 bridgehead atoms. The van der Waals surface area contributed by atoms with Gasteiger partial charge in [-0.25, -0.2) is 9.18 Å². The zero-order valence-electron chi connectivity index (χ0n) is 21.3. The van der Waals surface area contributed by atoms with Crippen molar-refractivity contribution in [3.63, 3.8) is 0 Å². The fourth-order valence-corrected chi connectivity index (χ4v) is 5.07. The number of hydrogen-bond donors (Lipinski definition) is 1. The maximum absolute atomic E-state index is 13.4. The van der Waals surface area contributed by atoms with E-state index in [1.54, 1.807) is 26.2 Å². The van der Waals surface area contributed by atoms with Crippen molar-refractivity contribution >= 4 is 11.8 Å². The summed E-state index contributed by atoms with van der Waals surface area (Å²) in [6, 6.07) is 11.4. The molecule has 2 unspecified atom stereocenters. The van der Waals surface area contributed by atoms with Crippen LogP contribution in [0.15, 0.2) is 65.5 Å². The van der Waals surface area contributed by atoms with Crippen LogP contribution in [0, 0.1) is 17.2 Å². The Balaban J connectivity index is 1.74. The molecular weight excluding hydrogens is 461 g/mol. The Morgan fingerprint density at radius 1 is 1.14 bits per heavy atom. The van der Waals surface area contributed by atoms with Crippen molar-refractivity contribution in [2.24, 2.45) is 11.3 Å². The Kier molecular flexibility index (Phi) is 7.20. The Morgan fingerprint density at radius 2 is 1.86 bits per heavy atom. The van der Waals surface area contributed by atoms with Gasteiger partial charge < -0.3 is 19.5 Å². The lowest BCUT2D eigenvalue weighted by atomic mass is 9.66. The molecule has 190 valence electrons. The number of halogens is 1. The van der Waals surface area contributed by atoms with Crippen molar-refractivity contribution in [2.75, 3.05) is 13.7 Å². The lowest BCUT2D eigenvalue weighted by molar-refractivity contribution is -0.139. The van der Waals surface area contributed by atoms with Crippen molar-refractivity contribution in [3.8, 4) is 11.5 Å². The average molecular weight is 494 g/mol. The second-order valence-electron chi connectivity index (χ2n) is 9.88. The summed E-state index contributed by atoms with van der Waals surface area (Å²) in [5.74, 6) is -0.620. The van der Waals surface area contributed by atoms with E-state index in [0.29, 0.717) is 29.2 Å². The smallest absolute Gasteiger partial charge is 0.336 e. The number of ketones is 1. The quantitative estimate of drug-likeness (QED) is 0.518. The van der Waals surface area contributed by atoms with Crippen LogP contribution in [0.4, 0.5) is 4.39 Å². The zero-order valence-corrected chi connectivity index (χ0v) is 21.3. The van der Waals surface area contributed by atoms with E-state index in [1.807, 2.05) is 39.0 Å². The van der Waals surface area contributed by atoms with Crippen molar-refractivity contribution < 1.29 is 28.2 Å². The van der Waals surface area contributed by atoms with E-state index in [0.717, 1.165) is 16.8 Å². The van der Waals surface area contributed by atoms with Gasteiger partial charge in [-0.05, 0) is 55.2 Å². The summed E-state index contributed by atoms with van der Waals surface area (Å²) in [5.41, 5.74) is 3.23. The Labute approximate surface area is 211 Å². The van der Waals surface area contributed by atoms with E-state index < -0.39 is 17.8 Å². The highest BCUT2D eigenvalue weighted by Crippen LogP contribution is 2.47. The topological polar surface area (TPSA) is 73.9 Å². The van der Waals surface area contributed by atoms with Gasteiger partial charge in [0.1, 0.15) is 29.7 Å². The number of carbonyl (C=O) groups excluding carboxylic acids is 2. The molecule has 0 aromatic heterocycles. The normalized spacial score (nSPS) is 20.7. The van der Waals surface area contributed by atoms with Crippen LogP contribution in [-0.2, 0) is 20.9 Å². The molecule has 0 radical (unpaired) electrons. The van der Waals surface area contributed by atoms with Crippen LogP contribution >= 0.6 is 0 Å². The van der Waals surface area contributed by atoms with Crippen LogP contribution in [0.2, 0.25) is 0 Å². The summed E-state index contributed by atoms with van der Waals surface area (Å²) >= 11 is 0. The number of esters is 1. The number of hydrogen-bond acceptors (Lipinski definition) is 6. The van der Waals surface area contributed by atoms with E-state index in [4.69, 9.17) is 14.2 Å². The summed E-state index contributed by atoms with van der Waals surface area (Å²) < 4.78 is 30.1. The molecule has 1 aliphatic carbocycles. The molecule has 0 saturated carbocycles. The third-order valence-electron chi connectivity index (χ3n) is 6.61. The molecule has 2 aliphatic rings. The predicted molar refractivity (Wildman–Crippen MR) is 134 cm³/mol. The molecule has 2 aromatic rings. The molecule has 36 heavy (non-hydrogen) atoms. The van der Waals surface area contributed by atoms with Gasteiger partial charge in [-0.1, -0.05) is 32.1 Å². The Morgan fingerprint density at radius 3 is 2.53 bits per heavy atom. The van der Waals surface area contributed by atoms with Gasteiger partial charge in [-0.2, -0.15) is 0 Å². The van der Waals surface area contributed by atoms with Crippen LogP contribution in [0.25, 0.3) is 0 Å². The highest BCUT2D eigenvalue weighted by Gasteiger charge is 2.46. The summed E-state index contributed by atoms with van der Waals surface area (Å²) in [5, 5.41) is 3.32. The molecule has 0 fully saturated rings. The average Bonchev–Trinajstić information content (AvgIpc) is 2.82. The summed E-state index contributed by atoms with van der Waals surface area (Å²) in [6.45, 7) is 8.11. The number of Topliss-reactive ketones (excluding diaryl/α,β-unsaturated/α-hetero) is 1. The van der Waals surface area contributed by atoms with Crippen LogP contribution in [0.1, 0.15) is 51.2 Å². The minimum atomic E-state index is -0.521. The number of ether oxygens (including phenoxy) is 3. The zero-order chi connectivity index (χ0) is 26.0. The van der Waals surface area contributed by atoms with Gasteiger partial charge in [0.05, 0.1) is 25.2 Å².